The van der Waals surface area contributed by atoms with Crippen LogP contribution in [0.5, 0.6) is 0 Å². The summed E-state index contributed by atoms with van der Waals surface area (Å²) in [6, 6.07) is 23.6. The first-order chi connectivity index (χ1) is 13.1. The molecule has 2 nitrogen and oxygen atoms in total. The van der Waals surface area contributed by atoms with Crippen molar-refractivity contribution in [1.29, 1.82) is 0 Å². The molecule has 1 N–H and O–H groups in total. The summed E-state index contributed by atoms with van der Waals surface area (Å²) in [5, 5.41) is 3.95. The van der Waals surface area contributed by atoms with E-state index in [1.807, 2.05) is 48.5 Å². The molecule has 0 atom stereocenters. The van der Waals surface area contributed by atoms with Crippen LogP contribution in [0.2, 0.25) is 10.0 Å². The lowest BCUT2D eigenvalue weighted by atomic mass is 10.0. The number of nitrogens with one attached hydrogen (secondary N) is 1. The van der Waals surface area contributed by atoms with E-state index < -0.39 is 0 Å². The molecular weight excluding hydrogens is 377 g/mol. The van der Waals surface area contributed by atoms with Crippen LogP contribution in [0.25, 0.3) is 0 Å². The van der Waals surface area contributed by atoms with Gasteiger partial charge >= 0.3 is 0 Å². The SMILES string of the molecule is O=C(NCCCc1ccccc1)c1ccc(Cl)c(Cc2ccccc2)c1Cl. The Hall–Kier alpha value is -2.29. The van der Waals surface area contributed by atoms with Gasteiger partial charge in [0.25, 0.3) is 5.91 Å². The molecule has 0 spiro atoms. The van der Waals surface area contributed by atoms with Crippen molar-refractivity contribution in [2.45, 2.75) is 19.3 Å². The van der Waals surface area contributed by atoms with Crippen LogP contribution in [-0.2, 0) is 12.8 Å². The molecule has 27 heavy (non-hydrogen) atoms. The number of hydrogen-bond donors (Lipinski definition) is 1. The van der Waals surface area contributed by atoms with Crippen molar-refractivity contribution in [3.8, 4) is 0 Å². The van der Waals surface area contributed by atoms with Crippen molar-refractivity contribution >= 4 is 29.1 Å². The van der Waals surface area contributed by atoms with Gasteiger partial charge in [-0.2, -0.15) is 0 Å². The third-order valence-electron chi connectivity index (χ3n) is 4.42. The Bertz CT molecular complexity index is 895. The molecule has 138 valence electrons. The Morgan fingerprint density at radius 3 is 2.11 bits per heavy atom. The number of halogens is 2. The van der Waals surface area contributed by atoms with E-state index in [-0.39, 0.29) is 5.91 Å². The lowest BCUT2D eigenvalue weighted by Crippen LogP contribution is -2.25. The Balaban J connectivity index is 1.63. The fourth-order valence-electron chi connectivity index (χ4n) is 2.97. The number of rotatable bonds is 7. The number of amides is 1. The molecule has 0 aliphatic carbocycles. The Morgan fingerprint density at radius 1 is 0.815 bits per heavy atom. The Morgan fingerprint density at radius 2 is 1.44 bits per heavy atom. The minimum atomic E-state index is -0.168. The third kappa shape index (κ3) is 5.35. The first-order valence-corrected chi connectivity index (χ1v) is 9.73. The molecule has 4 heteroatoms. The van der Waals surface area contributed by atoms with E-state index in [0.717, 1.165) is 24.0 Å². The highest BCUT2D eigenvalue weighted by Crippen LogP contribution is 2.30. The van der Waals surface area contributed by atoms with Crippen molar-refractivity contribution in [2.75, 3.05) is 6.54 Å². The fraction of sp³-hybridized carbons (Fsp3) is 0.174. The Labute approximate surface area is 170 Å². The van der Waals surface area contributed by atoms with Crippen LogP contribution >= 0.6 is 23.2 Å². The van der Waals surface area contributed by atoms with Gasteiger partial charge in [0.05, 0.1) is 10.6 Å². The summed E-state index contributed by atoms with van der Waals surface area (Å²) < 4.78 is 0. The number of aryl methyl sites for hydroxylation is 1. The van der Waals surface area contributed by atoms with Crippen LogP contribution < -0.4 is 5.32 Å². The predicted octanol–water partition coefficient (Wildman–Crippen LogP) is 5.95. The highest BCUT2D eigenvalue weighted by molar-refractivity contribution is 6.38. The van der Waals surface area contributed by atoms with Gasteiger partial charge in [-0.3, -0.25) is 4.79 Å². The second-order valence-corrected chi connectivity index (χ2v) is 7.18. The lowest BCUT2D eigenvalue weighted by molar-refractivity contribution is 0.0953. The molecular formula is C23H21Cl2NO. The molecule has 1 amide bonds. The second kappa shape index (κ2) is 9.59. The molecule has 0 bridgehead atoms. The van der Waals surface area contributed by atoms with Gasteiger partial charge in [0.15, 0.2) is 0 Å². The molecule has 0 unspecified atom stereocenters. The third-order valence-corrected chi connectivity index (χ3v) is 5.21. The first-order valence-electron chi connectivity index (χ1n) is 8.98. The zero-order chi connectivity index (χ0) is 19.1. The molecule has 0 fully saturated rings. The summed E-state index contributed by atoms with van der Waals surface area (Å²) in [4.78, 5) is 12.6. The number of carbonyl (C=O) groups is 1. The van der Waals surface area contributed by atoms with Crippen LogP contribution in [0.4, 0.5) is 0 Å². The quantitative estimate of drug-likeness (QED) is 0.490. The average Bonchev–Trinajstić information content (AvgIpc) is 2.70. The van der Waals surface area contributed by atoms with Gasteiger partial charge in [-0.15, -0.1) is 0 Å². The molecule has 3 aromatic rings. The zero-order valence-corrected chi connectivity index (χ0v) is 16.4. The maximum absolute atomic E-state index is 12.6. The van der Waals surface area contributed by atoms with E-state index >= 15 is 0 Å². The normalized spacial score (nSPS) is 10.6. The summed E-state index contributed by atoms with van der Waals surface area (Å²) in [7, 11) is 0. The fourth-order valence-corrected chi connectivity index (χ4v) is 3.56. The predicted molar refractivity (Wildman–Crippen MR) is 113 cm³/mol. The van der Waals surface area contributed by atoms with E-state index in [2.05, 4.69) is 17.4 Å². The molecule has 0 heterocycles. The maximum atomic E-state index is 12.6. The lowest BCUT2D eigenvalue weighted by Gasteiger charge is -2.12. The Kier molecular flexibility index (Phi) is 6.92. The first kappa shape index (κ1) is 19.5. The van der Waals surface area contributed by atoms with Crippen LogP contribution in [0.3, 0.4) is 0 Å². The van der Waals surface area contributed by atoms with E-state index in [0.29, 0.717) is 28.6 Å². The monoisotopic (exact) mass is 397 g/mol. The topological polar surface area (TPSA) is 29.1 Å². The second-order valence-electron chi connectivity index (χ2n) is 6.39. The van der Waals surface area contributed by atoms with Crippen LogP contribution in [-0.4, -0.2) is 12.5 Å². The molecule has 3 rings (SSSR count). The molecule has 0 saturated carbocycles. The van der Waals surface area contributed by atoms with Crippen molar-refractivity contribution in [3.05, 3.63) is 105 Å². The summed E-state index contributed by atoms with van der Waals surface area (Å²) in [5.74, 6) is -0.168. The largest absolute Gasteiger partial charge is 0.352 e. The maximum Gasteiger partial charge on any atom is 0.252 e. The van der Waals surface area contributed by atoms with Gasteiger partial charge in [-0.1, -0.05) is 83.9 Å². The minimum Gasteiger partial charge on any atom is -0.352 e. The minimum absolute atomic E-state index is 0.168. The molecule has 0 radical (unpaired) electrons. The molecule has 0 aliphatic rings. The van der Waals surface area contributed by atoms with Gasteiger partial charge in [0, 0.05) is 18.0 Å². The smallest absolute Gasteiger partial charge is 0.252 e. The summed E-state index contributed by atoms with van der Waals surface area (Å²) in [6.07, 6.45) is 2.39. The molecule has 0 aliphatic heterocycles. The van der Waals surface area contributed by atoms with E-state index in [1.165, 1.54) is 5.56 Å². The standard InChI is InChI=1S/C23H21Cl2NO/c24-21-14-13-19(22(25)20(21)16-18-10-5-2-6-11-18)23(27)26-15-7-12-17-8-3-1-4-9-17/h1-6,8-11,13-14H,7,12,15-16H2,(H,26,27). The van der Waals surface area contributed by atoms with Gasteiger partial charge in [-0.05, 0) is 41.7 Å². The molecule has 3 aromatic carbocycles. The van der Waals surface area contributed by atoms with Crippen molar-refractivity contribution in [3.63, 3.8) is 0 Å². The van der Waals surface area contributed by atoms with Crippen LogP contribution in [0.1, 0.15) is 33.5 Å². The van der Waals surface area contributed by atoms with E-state index in [4.69, 9.17) is 23.2 Å². The van der Waals surface area contributed by atoms with Gasteiger partial charge in [0.1, 0.15) is 0 Å². The van der Waals surface area contributed by atoms with Crippen LogP contribution in [0.15, 0.2) is 72.8 Å². The van der Waals surface area contributed by atoms with E-state index in [9.17, 15) is 4.79 Å². The number of hydrogen-bond acceptors (Lipinski definition) is 1. The zero-order valence-electron chi connectivity index (χ0n) is 14.9. The highest BCUT2D eigenvalue weighted by Gasteiger charge is 2.16. The van der Waals surface area contributed by atoms with Crippen molar-refractivity contribution < 1.29 is 4.79 Å². The van der Waals surface area contributed by atoms with Gasteiger partial charge < -0.3 is 5.32 Å². The van der Waals surface area contributed by atoms with Crippen molar-refractivity contribution in [1.82, 2.24) is 5.32 Å². The summed E-state index contributed by atoms with van der Waals surface area (Å²) in [5.41, 5.74) is 3.61. The van der Waals surface area contributed by atoms with E-state index in [1.54, 1.807) is 12.1 Å². The highest BCUT2D eigenvalue weighted by atomic mass is 35.5. The average molecular weight is 398 g/mol. The van der Waals surface area contributed by atoms with Gasteiger partial charge in [0.2, 0.25) is 0 Å². The molecule has 0 aromatic heterocycles. The number of carbonyl (C=O) groups excluding carboxylic acids is 1. The summed E-state index contributed by atoms with van der Waals surface area (Å²) in [6.45, 7) is 0.598. The van der Waals surface area contributed by atoms with Crippen molar-refractivity contribution in [2.24, 2.45) is 0 Å². The summed E-state index contributed by atoms with van der Waals surface area (Å²) >= 11 is 12.9. The van der Waals surface area contributed by atoms with Crippen LogP contribution in [0, 0.1) is 0 Å². The van der Waals surface area contributed by atoms with Gasteiger partial charge in [-0.25, -0.2) is 0 Å². The molecule has 0 saturated heterocycles. The number of benzene rings is 3.